The minimum atomic E-state index is -0.872. The smallest absolute Gasteiger partial charge is 0.334 e. The summed E-state index contributed by atoms with van der Waals surface area (Å²) in [6.45, 7) is 6.31. The zero-order valence-corrected chi connectivity index (χ0v) is 7.61. The SMILES string of the molecule is C=CCCN1CCOC(C(=O)O)C1. The van der Waals surface area contributed by atoms with E-state index in [1.54, 1.807) is 0 Å². The molecule has 1 saturated heterocycles. The topological polar surface area (TPSA) is 49.8 Å². The second kappa shape index (κ2) is 4.99. The van der Waals surface area contributed by atoms with Gasteiger partial charge in [-0.1, -0.05) is 6.08 Å². The fraction of sp³-hybridized carbons (Fsp3) is 0.667. The maximum atomic E-state index is 10.6. The first-order valence-electron chi connectivity index (χ1n) is 4.41. The van der Waals surface area contributed by atoms with Crippen molar-refractivity contribution in [1.29, 1.82) is 0 Å². The largest absolute Gasteiger partial charge is 0.479 e. The minimum absolute atomic E-state index is 0.489. The predicted molar refractivity (Wildman–Crippen MR) is 48.6 cm³/mol. The van der Waals surface area contributed by atoms with Crippen LogP contribution in [0.3, 0.4) is 0 Å². The third-order valence-electron chi connectivity index (χ3n) is 2.08. The van der Waals surface area contributed by atoms with Crippen LogP contribution in [-0.4, -0.2) is 48.3 Å². The lowest BCUT2D eigenvalue weighted by Crippen LogP contribution is -2.46. The summed E-state index contributed by atoms with van der Waals surface area (Å²) in [5, 5.41) is 8.71. The highest BCUT2D eigenvalue weighted by Crippen LogP contribution is 2.05. The maximum Gasteiger partial charge on any atom is 0.334 e. The van der Waals surface area contributed by atoms with E-state index < -0.39 is 12.1 Å². The predicted octanol–water partition coefficient (Wildman–Crippen LogP) is 0.348. The zero-order valence-electron chi connectivity index (χ0n) is 7.61. The summed E-state index contributed by atoms with van der Waals surface area (Å²) in [6, 6.07) is 0. The average Bonchev–Trinajstić information content (AvgIpc) is 2.15. The summed E-state index contributed by atoms with van der Waals surface area (Å²) < 4.78 is 5.08. The molecule has 1 N–H and O–H groups in total. The fourth-order valence-corrected chi connectivity index (χ4v) is 1.33. The first kappa shape index (κ1) is 10.2. The molecule has 0 radical (unpaired) electrons. The molecule has 1 aliphatic rings. The van der Waals surface area contributed by atoms with Gasteiger partial charge in [-0.3, -0.25) is 4.90 Å². The molecular formula is C9H15NO3. The van der Waals surface area contributed by atoms with E-state index in [1.165, 1.54) is 0 Å². The van der Waals surface area contributed by atoms with Gasteiger partial charge in [0.15, 0.2) is 6.10 Å². The van der Waals surface area contributed by atoms with Crippen molar-refractivity contribution in [2.75, 3.05) is 26.2 Å². The van der Waals surface area contributed by atoms with E-state index in [0.29, 0.717) is 13.2 Å². The number of rotatable bonds is 4. The Morgan fingerprint density at radius 2 is 2.54 bits per heavy atom. The van der Waals surface area contributed by atoms with Crippen molar-refractivity contribution in [2.24, 2.45) is 0 Å². The van der Waals surface area contributed by atoms with Crippen LogP contribution in [0.5, 0.6) is 0 Å². The van der Waals surface area contributed by atoms with E-state index in [2.05, 4.69) is 11.5 Å². The molecule has 0 aromatic rings. The Balaban J connectivity index is 2.32. The second-order valence-electron chi connectivity index (χ2n) is 3.08. The molecule has 0 aliphatic carbocycles. The number of aliphatic carboxylic acids is 1. The van der Waals surface area contributed by atoms with E-state index in [0.717, 1.165) is 19.5 Å². The third kappa shape index (κ3) is 3.16. The fourth-order valence-electron chi connectivity index (χ4n) is 1.33. The normalized spacial score (nSPS) is 24.2. The lowest BCUT2D eigenvalue weighted by molar-refractivity contribution is -0.155. The lowest BCUT2D eigenvalue weighted by atomic mass is 10.2. The van der Waals surface area contributed by atoms with Crippen LogP contribution in [0.4, 0.5) is 0 Å². The Morgan fingerprint density at radius 1 is 1.77 bits per heavy atom. The molecule has 1 aliphatic heterocycles. The van der Waals surface area contributed by atoms with Gasteiger partial charge in [-0.15, -0.1) is 6.58 Å². The highest BCUT2D eigenvalue weighted by Gasteiger charge is 2.25. The number of hydrogen-bond donors (Lipinski definition) is 1. The van der Waals surface area contributed by atoms with Crippen molar-refractivity contribution in [3.8, 4) is 0 Å². The van der Waals surface area contributed by atoms with E-state index in [1.807, 2.05) is 6.08 Å². The monoisotopic (exact) mass is 185 g/mol. The summed E-state index contributed by atoms with van der Waals surface area (Å²) in [6.07, 6.45) is 2.08. The number of nitrogens with zero attached hydrogens (tertiary/aromatic N) is 1. The molecule has 1 unspecified atom stereocenters. The van der Waals surface area contributed by atoms with Gasteiger partial charge in [-0.25, -0.2) is 4.79 Å². The Bertz CT molecular complexity index is 193. The van der Waals surface area contributed by atoms with Gasteiger partial charge < -0.3 is 9.84 Å². The number of morpholine rings is 1. The molecule has 74 valence electrons. The van der Waals surface area contributed by atoms with Crippen molar-refractivity contribution in [2.45, 2.75) is 12.5 Å². The van der Waals surface area contributed by atoms with E-state index in [4.69, 9.17) is 9.84 Å². The number of carboxylic acid groups (broad SMARTS) is 1. The van der Waals surface area contributed by atoms with Gasteiger partial charge in [0.2, 0.25) is 0 Å². The summed E-state index contributed by atoms with van der Waals surface area (Å²) in [5.41, 5.74) is 0. The lowest BCUT2D eigenvalue weighted by Gasteiger charge is -2.30. The van der Waals surface area contributed by atoms with E-state index >= 15 is 0 Å². The van der Waals surface area contributed by atoms with Crippen LogP contribution in [0.1, 0.15) is 6.42 Å². The number of ether oxygens (including phenoxy) is 1. The van der Waals surface area contributed by atoms with Crippen LogP contribution < -0.4 is 0 Å². The highest BCUT2D eigenvalue weighted by atomic mass is 16.5. The zero-order chi connectivity index (χ0) is 9.68. The van der Waals surface area contributed by atoms with E-state index in [9.17, 15) is 4.79 Å². The van der Waals surface area contributed by atoms with Crippen molar-refractivity contribution in [1.82, 2.24) is 4.90 Å². The van der Waals surface area contributed by atoms with Crippen LogP contribution in [-0.2, 0) is 9.53 Å². The number of hydrogen-bond acceptors (Lipinski definition) is 3. The summed E-state index contributed by atoms with van der Waals surface area (Å²) >= 11 is 0. The second-order valence-corrected chi connectivity index (χ2v) is 3.08. The molecular weight excluding hydrogens is 170 g/mol. The van der Waals surface area contributed by atoms with Crippen molar-refractivity contribution >= 4 is 5.97 Å². The van der Waals surface area contributed by atoms with Gasteiger partial charge in [0.25, 0.3) is 0 Å². The van der Waals surface area contributed by atoms with Crippen LogP contribution in [0, 0.1) is 0 Å². The Hall–Kier alpha value is -0.870. The molecule has 4 heteroatoms. The molecule has 0 aromatic carbocycles. The quantitative estimate of drug-likeness (QED) is 0.642. The van der Waals surface area contributed by atoms with Gasteiger partial charge >= 0.3 is 5.97 Å². The van der Waals surface area contributed by atoms with E-state index in [-0.39, 0.29) is 0 Å². The van der Waals surface area contributed by atoms with Gasteiger partial charge in [-0.05, 0) is 6.42 Å². The third-order valence-corrected chi connectivity index (χ3v) is 2.08. The van der Waals surface area contributed by atoms with Crippen molar-refractivity contribution in [3.63, 3.8) is 0 Å². The van der Waals surface area contributed by atoms with Crippen LogP contribution in [0.2, 0.25) is 0 Å². The Kier molecular flexibility index (Phi) is 3.92. The molecule has 1 rings (SSSR count). The molecule has 0 saturated carbocycles. The average molecular weight is 185 g/mol. The molecule has 13 heavy (non-hydrogen) atoms. The number of carboxylic acids is 1. The molecule has 0 aromatic heterocycles. The van der Waals surface area contributed by atoms with Gasteiger partial charge in [-0.2, -0.15) is 0 Å². The standard InChI is InChI=1S/C9H15NO3/c1-2-3-4-10-5-6-13-8(7-10)9(11)12/h2,8H,1,3-7H2,(H,11,12). The molecule has 1 fully saturated rings. The minimum Gasteiger partial charge on any atom is -0.479 e. The summed E-state index contributed by atoms with van der Waals surface area (Å²) in [4.78, 5) is 12.7. The molecule has 1 atom stereocenters. The Morgan fingerprint density at radius 3 is 3.15 bits per heavy atom. The van der Waals surface area contributed by atoms with Crippen LogP contribution in [0.15, 0.2) is 12.7 Å². The Labute approximate surface area is 77.8 Å². The van der Waals surface area contributed by atoms with Gasteiger partial charge in [0.1, 0.15) is 0 Å². The first-order valence-corrected chi connectivity index (χ1v) is 4.41. The summed E-state index contributed by atoms with van der Waals surface area (Å²) in [7, 11) is 0. The summed E-state index contributed by atoms with van der Waals surface area (Å²) in [5.74, 6) is -0.872. The van der Waals surface area contributed by atoms with Gasteiger partial charge in [0.05, 0.1) is 6.61 Å². The van der Waals surface area contributed by atoms with Crippen molar-refractivity contribution in [3.05, 3.63) is 12.7 Å². The molecule has 4 nitrogen and oxygen atoms in total. The van der Waals surface area contributed by atoms with Crippen molar-refractivity contribution < 1.29 is 14.6 Å². The van der Waals surface area contributed by atoms with Crippen LogP contribution >= 0.6 is 0 Å². The first-order chi connectivity index (χ1) is 6.24. The maximum absolute atomic E-state index is 10.6. The molecule has 0 spiro atoms. The van der Waals surface area contributed by atoms with Crippen LogP contribution in [0.25, 0.3) is 0 Å². The molecule has 0 amide bonds. The molecule has 0 bridgehead atoms. The highest BCUT2D eigenvalue weighted by molar-refractivity contribution is 5.72. The molecule has 1 heterocycles. The number of carbonyl (C=O) groups is 1. The van der Waals surface area contributed by atoms with Gasteiger partial charge in [0, 0.05) is 19.6 Å².